The lowest BCUT2D eigenvalue weighted by atomic mass is 10.1. The molecule has 0 bridgehead atoms. The highest BCUT2D eigenvalue weighted by Gasteiger charge is 2.33. The number of rotatable bonds is 12. The molecule has 9 heteroatoms. The zero-order valence-corrected chi connectivity index (χ0v) is 23.5. The van der Waals surface area contributed by atoms with E-state index < -0.39 is 28.5 Å². The van der Waals surface area contributed by atoms with Crippen molar-refractivity contribution in [2.45, 2.75) is 51.1 Å². The summed E-state index contributed by atoms with van der Waals surface area (Å²) in [6.45, 7) is 5.60. The van der Waals surface area contributed by atoms with Gasteiger partial charge in [0.25, 0.3) is 10.0 Å². The third-order valence-electron chi connectivity index (χ3n) is 6.23. The van der Waals surface area contributed by atoms with Crippen molar-refractivity contribution in [3.63, 3.8) is 0 Å². The summed E-state index contributed by atoms with van der Waals surface area (Å²) in [5.41, 5.74) is 1.77. The Kier molecular flexibility index (Phi) is 10.3. The number of anilines is 1. The van der Waals surface area contributed by atoms with Gasteiger partial charge in [0.15, 0.2) is 0 Å². The Hall–Kier alpha value is -3.36. The first-order chi connectivity index (χ1) is 18.1. The molecule has 0 saturated carbocycles. The summed E-state index contributed by atoms with van der Waals surface area (Å²) in [7, 11) is -4.11. The van der Waals surface area contributed by atoms with E-state index in [1.54, 1.807) is 50.2 Å². The fraction of sp³-hybridized carbons (Fsp3) is 0.310. The molecular formula is C29H34ClN3O4S. The lowest BCUT2D eigenvalue weighted by molar-refractivity contribution is -0.139. The van der Waals surface area contributed by atoms with Crippen molar-refractivity contribution in [2.24, 2.45) is 0 Å². The predicted molar refractivity (Wildman–Crippen MR) is 152 cm³/mol. The fourth-order valence-corrected chi connectivity index (χ4v) is 5.76. The molecule has 0 aromatic heterocycles. The van der Waals surface area contributed by atoms with Gasteiger partial charge >= 0.3 is 0 Å². The minimum atomic E-state index is -4.11. The molecule has 0 heterocycles. The first-order valence-corrected chi connectivity index (χ1v) is 14.4. The molecule has 2 amide bonds. The van der Waals surface area contributed by atoms with Crippen LogP contribution >= 0.6 is 11.6 Å². The first kappa shape index (κ1) is 29.2. The van der Waals surface area contributed by atoms with Gasteiger partial charge in [-0.3, -0.25) is 13.9 Å². The minimum absolute atomic E-state index is 0.0575. The van der Waals surface area contributed by atoms with Crippen LogP contribution in [0, 0.1) is 6.92 Å². The number of hydrogen-bond acceptors (Lipinski definition) is 4. The maximum Gasteiger partial charge on any atom is 0.264 e. The van der Waals surface area contributed by atoms with Crippen molar-refractivity contribution in [3.05, 3.63) is 95.0 Å². The molecule has 7 nitrogen and oxygen atoms in total. The van der Waals surface area contributed by atoms with Crippen molar-refractivity contribution < 1.29 is 18.0 Å². The van der Waals surface area contributed by atoms with E-state index in [1.807, 2.05) is 37.3 Å². The number of nitrogens with one attached hydrogen (secondary N) is 1. The summed E-state index contributed by atoms with van der Waals surface area (Å²) in [6.07, 6.45) is 1.75. The quantitative estimate of drug-likeness (QED) is 0.312. The van der Waals surface area contributed by atoms with Crippen molar-refractivity contribution >= 4 is 39.1 Å². The SMILES string of the molecule is CCCCNC(=O)[C@@H](C)N(Cc1ccccc1)C(=O)CN(c1ccc(Cl)cc1C)S(=O)(=O)c1ccccc1. The number of carbonyl (C=O) groups excluding carboxylic acids is 2. The second-order valence-electron chi connectivity index (χ2n) is 9.08. The van der Waals surface area contributed by atoms with Gasteiger partial charge in [0, 0.05) is 18.1 Å². The Morgan fingerprint density at radius 2 is 1.61 bits per heavy atom. The second kappa shape index (κ2) is 13.4. The van der Waals surface area contributed by atoms with Crippen LogP contribution in [0.2, 0.25) is 5.02 Å². The third kappa shape index (κ3) is 7.36. The van der Waals surface area contributed by atoms with Gasteiger partial charge in [-0.05, 0) is 61.7 Å². The molecule has 0 saturated heterocycles. The minimum Gasteiger partial charge on any atom is -0.354 e. The van der Waals surface area contributed by atoms with Crippen LogP contribution in [0.25, 0.3) is 0 Å². The molecule has 0 aliphatic heterocycles. The monoisotopic (exact) mass is 555 g/mol. The molecule has 3 rings (SSSR count). The number of hydrogen-bond donors (Lipinski definition) is 1. The predicted octanol–water partition coefficient (Wildman–Crippen LogP) is 5.18. The maximum atomic E-state index is 13.9. The van der Waals surface area contributed by atoms with E-state index in [0.717, 1.165) is 22.7 Å². The summed E-state index contributed by atoms with van der Waals surface area (Å²) in [5.74, 6) is -0.788. The second-order valence-corrected chi connectivity index (χ2v) is 11.4. The van der Waals surface area contributed by atoms with Gasteiger partial charge in [-0.15, -0.1) is 0 Å². The number of nitrogens with zero attached hydrogens (tertiary/aromatic N) is 2. The number of unbranched alkanes of at least 4 members (excludes halogenated alkanes) is 1. The summed E-state index contributed by atoms with van der Waals surface area (Å²) in [4.78, 5) is 28.3. The van der Waals surface area contributed by atoms with E-state index in [9.17, 15) is 18.0 Å². The first-order valence-electron chi connectivity index (χ1n) is 12.6. The lowest BCUT2D eigenvalue weighted by Crippen LogP contribution is -2.51. The number of amides is 2. The Labute approximate surface area is 230 Å². The number of aryl methyl sites for hydroxylation is 1. The highest BCUT2D eigenvalue weighted by Crippen LogP contribution is 2.29. The molecule has 0 spiro atoms. The molecule has 0 fully saturated rings. The molecule has 38 heavy (non-hydrogen) atoms. The molecule has 1 N–H and O–H groups in total. The molecule has 3 aromatic carbocycles. The molecule has 202 valence electrons. The smallest absolute Gasteiger partial charge is 0.264 e. The molecule has 0 radical (unpaired) electrons. The molecule has 0 aliphatic carbocycles. The van der Waals surface area contributed by atoms with Crippen LogP contribution in [0.4, 0.5) is 5.69 Å². The van der Waals surface area contributed by atoms with Crippen LogP contribution in [0.3, 0.4) is 0 Å². The van der Waals surface area contributed by atoms with Gasteiger partial charge in [-0.1, -0.05) is 73.5 Å². The zero-order valence-electron chi connectivity index (χ0n) is 21.9. The van der Waals surface area contributed by atoms with E-state index in [0.29, 0.717) is 22.8 Å². The van der Waals surface area contributed by atoms with Crippen LogP contribution in [0.15, 0.2) is 83.8 Å². The van der Waals surface area contributed by atoms with Crippen molar-refractivity contribution in [3.8, 4) is 0 Å². The third-order valence-corrected chi connectivity index (χ3v) is 8.24. The van der Waals surface area contributed by atoms with Crippen LogP contribution in [-0.2, 0) is 26.2 Å². The molecule has 1 atom stereocenters. The molecular weight excluding hydrogens is 522 g/mol. The number of carbonyl (C=O) groups is 2. The Morgan fingerprint density at radius 1 is 0.974 bits per heavy atom. The molecule has 0 unspecified atom stereocenters. The lowest BCUT2D eigenvalue weighted by Gasteiger charge is -2.32. The van der Waals surface area contributed by atoms with E-state index in [-0.39, 0.29) is 17.3 Å². The van der Waals surface area contributed by atoms with E-state index in [4.69, 9.17) is 11.6 Å². The van der Waals surface area contributed by atoms with E-state index in [2.05, 4.69) is 5.32 Å². The Balaban J connectivity index is 2.00. The van der Waals surface area contributed by atoms with Crippen LogP contribution in [0.5, 0.6) is 0 Å². The van der Waals surface area contributed by atoms with Gasteiger partial charge in [-0.2, -0.15) is 0 Å². The Morgan fingerprint density at radius 3 is 2.21 bits per heavy atom. The maximum absolute atomic E-state index is 13.9. The fourth-order valence-electron chi connectivity index (χ4n) is 4.03. The van der Waals surface area contributed by atoms with Gasteiger partial charge in [-0.25, -0.2) is 8.42 Å². The molecule has 3 aromatic rings. The average Bonchev–Trinajstić information content (AvgIpc) is 2.91. The van der Waals surface area contributed by atoms with Gasteiger partial charge in [0.1, 0.15) is 12.6 Å². The highest BCUT2D eigenvalue weighted by molar-refractivity contribution is 7.92. The van der Waals surface area contributed by atoms with Crippen LogP contribution in [0.1, 0.15) is 37.8 Å². The summed E-state index contributed by atoms with van der Waals surface area (Å²) in [5, 5.41) is 3.34. The molecule has 0 aliphatic rings. The van der Waals surface area contributed by atoms with Crippen molar-refractivity contribution in [1.29, 1.82) is 0 Å². The van der Waals surface area contributed by atoms with Gasteiger partial charge < -0.3 is 10.2 Å². The number of benzene rings is 3. The van der Waals surface area contributed by atoms with Crippen molar-refractivity contribution in [2.75, 3.05) is 17.4 Å². The normalized spacial score (nSPS) is 12.0. The standard InChI is InChI=1S/C29H34ClN3O4S/c1-4-5-18-31-29(35)23(3)32(20-24-12-8-6-9-13-24)28(34)21-33(27-17-16-25(30)19-22(27)2)38(36,37)26-14-10-7-11-15-26/h6-17,19,23H,4-5,18,20-21H2,1-3H3,(H,31,35)/t23-/m1/s1. The van der Waals surface area contributed by atoms with Gasteiger partial charge in [0.2, 0.25) is 11.8 Å². The average molecular weight is 556 g/mol. The van der Waals surface area contributed by atoms with E-state index in [1.165, 1.54) is 17.0 Å². The van der Waals surface area contributed by atoms with Gasteiger partial charge in [0.05, 0.1) is 10.6 Å². The largest absolute Gasteiger partial charge is 0.354 e. The zero-order chi connectivity index (χ0) is 27.7. The van der Waals surface area contributed by atoms with E-state index >= 15 is 0 Å². The summed E-state index contributed by atoms with van der Waals surface area (Å²) in [6, 6.07) is 21.3. The van der Waals surface area contributed by atoms with Crippen LogP contribution in [-0.4, -0.2) is 44.3 Å². The number of halogens is 1. The summed E-state index contributed by atoms with van der Waals surface area (Å²) >= 11 is 6.14. The Bertz CT molecular complexity index is 1330. The topological polar surface area (TPSA) is 86.8 Å². The summed E-state index contributed by atoms with van der Waals surface area (Å²) < 4.78 is 28.7. The van der Waals surface area contributed by atoms with Crippen molar-refractivity contribution in [1.82, 2.24) is 10.2 Å². The van der Waals surface area contributed by atoms with Crippen LogP contribution < -0.4 is 9.62 Å². The highest BCUT2D eigenvalue weighted by atomic mass is 35.5. The number of sulfonamides is 1.